The fourth-order valence-corrected chi connectivity index (χ4v) is 7.57. The van der Waals surface area contributed by atoms with Crippen LogP contribution in [0.1, 0.15) is 27.7 Å². The van der Waals surface area contributed by atoms with Crippen molar-refractivity contribution in [2.24, 2.45) is 0 Å². The Morgan fingerprint density at radius 2 is 1.13 bits per heavy atom. The van der Waals surface area contributed by atoms with E-state index in [-0.39, 0.29) is 11.2 Å². The molecule has 2 heterocycles. The number of benzene rings is 6. The van der Waals surface area contributed by atoms with E-state index in [1.165, 1.54) is 42.1 Å². The van der Waals surface area contributed by atoms with Crippen molar-refractivity contribution >= 4 is 71.9 Å². The second kappa shape index (κ2) is 10.6. The van der Waals surface area contributed by atoms with Crippen molar-refractivity contribution in [3.63, 3.8) is 0 Å². The predicted molar refractivity (Wildman–Crippen MR) is 193 cm³/mol. The van der Waals surface area contributed by atoms with Crippen LogP contribution in [0.15, 0.2) is 133 Å². The summed E-state index contributed by atoms with van der Waals surface area (Å²) in [7, 11) is -0.400. The highest BCUT2D eigenvalue weighted by molar-refractivity contribution is 7.26. The van der Waals surface area contributed by atoms with E-state index in [0.29, 0.717) is 0 Å². The maximum Gasteiger partial charge on any atom is 0.494 e. The van der Waals surface area contributed by atoms with Gasteiger partial charge in [0.1, 0.15) is 0 Å². The Bertz CT molecular complexity index is 2160. The van der Waals surface area contributed by atoms with Crippen LogP contribution in [0, 0.1) is 0 Å². The minimum atomic E-state index is -0.400. The van der Waals surface area contributed by atoms with Gasteiger partial charge in [0, 0.05) is 26.8 Å². The van der Waals surface area contributed by atoms with E-state index in [0.717, 1.165) is 22.5 Å². The minimum Gasteiger partial charge on any atom is -0.399 e. The molecule has 8 rings (SSSR count). The third-order valence-electron chi connectivity index (χ3n) is 9.53. The van der Waals surface area contributed by atoms with Gasteiger partial charge in [0.15, 0.2) is 0 Å². The maximum absolute atomic E-state index is 6.36. The Morgan fingerprint density at radius 3 is 1.87 bits per heavy atom. The molecule has 1 aliphatic rings. The smallest absolute Gasteiger partial charge is 0.399 e. The highest BCUT2D eigenvalue weighted by Crippen LogP contribution is 2.45. The van der Waals surface area contributed by atoms with Gasteiger partial charge < -0.3 is 14.2 Å². The fourth-order valence-electron chi connectivity index (χ4n) is 6.36. The fraction of sp³-hybridized carbons (Fsp3) is 0.150. The summed E-state index contributed by atoms with van der Waals surface area (Å²) in [4.78, 5) is 2.37. The summed E-state index contributed by atoms with van der Waals surface area (Å²) < 4.78 is 15.3. The van der Waals surface area contributed by atoms with Gasteiger partial charge in [0.2, 0.25) is 0 Å². The zero-order valence-electron chi connectivity index (χ0n) is 26.0. The van der Waals surface area contributed by atoms with Gasteiger partial charge in [-0.1, -0.05) is 97.1 Å². The first kappa shape index (κ1) is 28.1. The zero-order valence-corrected chi connectivity index (χ0v) is 26.8. The molecule has 0 N–H and O–H groups in total. The molecule has 0 spiro atoms. The molecule has 0 bridgehead atoms. The summed E-state index contributed by atoms with van der Waals surface area (Å²) in [5, 5.41) is 5.08. The summed E-state index contributed by atoms with van der Waals surface area (Å²) in [6, 6.07) is 48.1. The van der Waals surface area contributed by atoms with E-state index in [4.69, 9.17) is 9.31 Å². The SMILES string of the molecule is CC1(C)OB(c2ccc(N(c3ccc(-c4cccc5ccccc45)cc3)c3cccc4c3sc3ccccc34)cc2)OC1(C)C. The molecule has 0 unspecified atom stereocenters. The van der Waals surface area contributed by atoms with Crippen LogP contribution in [0.5, 0.6) is 0 Å². The lowest BCUT2D eigenvalue weighted by Crippen LogP contribution is -2.41. The molecule has 1 fully saturated rings. The Labute approximate surface area is 268 Å². The van der Waals surface area contributed by atoms with Crippen LogP contribution in [0.4, 0.5) is 17.1 Å². The summed E-state index contributed by atoms with van der Waals surface area (Å²) >= 11 is 1.85. The first-order valence-electron chi connectivity index (χ1n) is 15.5. The summed E-state index contributed by atoms with van der Waals surface area (Å²) in [6.45, 7) is 8.38. The van der Waals surface area contributed by atoms with Crippen molar-refractivity contribution in [2.45, 2.75) is 38.9 Å². The van der Waals surface area contributed by atoms with Crippen LogP contribution in [-0.2, 0) is 9.31 Å². The minimum absolute atomic E-state index is 0.384. The van der Waals surface area contributed by atoms with Gasteiger partial charge in [-0.3, -0.25) is 0 Å². The number of nitrogens with zero attached hydrogens (tertiary/aromatic N) is 1. The molecule has 0 radical (unpaired) electrons. The summed E-state index contributed by atoms with van der Waals surface area (Å²) in [6.07, 6.45) is 0. The molecule has 6 aromatic carbocycles. The molecule has 1 aliphatic heterocycles. The van der Waals surface area contributed by atoms with Crippen LogP contribution >= 0.6 is 11.3 Å². The third-order valence-corrected chi connectivity index (χ3v) is 10.7. The zero-order chi connectivity index (χ0) is 30.8. The molecule has 45 heavy (non-hydrogen) atoms. The largest absolute Gasteiger partial charge is 0.494 e. The highest BCUT2D eigenvalue weighted by Gasteiger charge is 2.51. The molecule has 1 saturated heterocycles. The molecule has 5 heteroatoms. The number of rotatable bonds is 5. The lowest BCUT2D eigenvalue weighted by Gasteiger charge is -2.32. The van der Waals surface area contributed by atoms with Gasteiger partial charge in [-0.15, -0.1) is 11.3 Å². The lowest BCUT2D eigenvalue weighted by atomic mass is 9.79. The molecule has 0 atom stereocenters. The molecule has 220 valence electrons. The van der Waals surface area contributed by atoms with Crippen molar-refractivity contribution in [1.82, 2.24) is 0 Å². The van der Waals surface area contributed by atoms with Crippen molar-refractivity contribution in [1.29, 1.82) is 0 Å². The average molecular weight is 604 g/mol. The molecule has 0 amide bonds. The highest BCUT2D eigenvalue weighted by atomic mass is 32.1. The number of fused-ring (bicyclic) bond motifs is 4. The van der Waals surface area contributed by atoms with Gasteiger partial charge in [0.05, 0.1) is 21.6 Å². The molecule has 3 nitrogen and oxygen atoms in total. The van der Waals surface area contributed by atoms with Gasteiger partial charge in [-0.05, 0) is 91.5 Å². The topological polar surface area (TPSA) is 21.7 Å². The molecule has 1 aromatic heterocycles. The lowest BCUT2D eigenvalue weighted by molar-refractivity contribution is 0.00578. The van der Waals surface area contributed by atoms with E-state index >= 15 is 0 Å². The van der Waals surface area contributed by atoms with E-state index in [1.54, 1.807) is 0 Å². The monoisotopic (exact) mass is 603 g/mol. The van der Waals surface area contributed by atoms with Crippen LogP contribution in [0.3, 0.4) is 0 Å². The van der Waals surface area contributed by atoms with Crippen LogP contribution in [-0.4, -0.2) is 18.3 Å². The summed E-state index contributed by atoms with van der Waals surface area (Å²) in [5.41, 5.74) is 6.04. The third kappa shape index (κ3) is 4.74. The normalized spacial score (nSPS) is 15.7. The van der Waals surface area contributed by atoms with Crippen LogP contribution in [0.25, 0.3) is 42.1 Å². The Morgan fingerprint density at radius 1 is 0.556 bits per heavy atom. The number of hydrogen-bond donors (Lipinski definition) is 0. The number of thiophene rings is 1. The first-order chi connectivity index (χ1) is 21.8. The molecule has 0 aliphatic carbocycles. The Hall–Kier alpha value is -4.42. The van der Waals surface area contributed by atoms with E-state index in [9.17, 15) is 0 Å². The quantitative estimate of drug-likeness (QED) is 0.183. The first-order valence-corrected chi connectivity index (χ1v) is 16.3. The van der Waals surface area contributed by atoms with Crippen molar-refractivity contribution < 1.29 is 9.31 Å². The standard InChI is InChI=1S/C40H34BNO2S/c1-39(2)40(3,4)44-41(43-39)29-21-25-31(26-22-29)42(36-17-10-16-35-34-14-7-8-18-37(34)45-38(35)36)30-23-19-28(20-24-30)33-15-9-12-27-11-5-6-13-32(27)33/h5-26H,1-4H3. The van der Waals surface area contributed by atoms with Crippen LogP contribution < -0.4 is 10.4 Å². The predicted octanol–water partition coefficient (Wildman–Crippen LogP) is 10.6. The van der Waals surface area contributed by atoms with E-state index < -0.39 is 7.12 Å². The molecule has 7 aromatic rings. The summed E-state index contributed by atoms with van der Waals surface area (Å²) in [5.74, 6) is 0. The second-order valence-electron chi connectivity index (χ2n) is 12.8. The van der Waals surface area contributed by atoms with Gasteiger partial charge in [0.25, 0.3) is 0 Å². The van der Waals surface area contributed by atoms with Crippen LogP contribution in [0.2, 0.25) is 0 Å². The van der Waals surface area contributed by atoms with Gasteiger partial charge in [-0.2, -0.15) is 0 Å². The van der Waals surface area contributed by atoms with Gasteiger partial charge in [-0.25, -0.2) is 0 Å². The van der Waals surface area contributed by atoms with E-state index in [2.05, 4.69) is 166 Å². The Balaban J connectivity index is 1.24. The van der Waals surface area contributed by atoms with Crippen molar-refractivity contribution in [3.05, 3.63) is 133 Å². The van der Waals surface area contributed by atoms with Crippen molar-refractivity contribution in [2.75, 3.05) is 4.90 Å². The van der Waals surface area contributed by atoms with Crippen molar-refractivity contribution in [3.8, 4) is 11.1 Å². The average Bonchev–Trinajstić information content (AvgIpc) is 3.54. The molecular weight excluding hydrogens is 569 g/mol. The molecule has 0 saturated carbocycles. The second-order valence-corrected chi connectivity index (χ2v) is 13.9. The van der Waals surface area contributed by atoms with Gasteiger partial charge >= 0.3 is 7.12 Å². The number of hydrogen-bond acceptors (Lipinski definition) is 4. The van der Waals surface area contributed by atoms with E-state index in [1.807, 2.05) is 11.3 Å². The maximum atomic E-state index is 6.36. The number of anilines is 3. The molecular formula is C40H34BNO2S. The Kier molecular flexibility index (Phi) is 6.61.